The van der Waals surface area contributed by atoms with E-state index >= 15 is 0 Å². The molecule has 6 heteroatoms. The van der Waals surface area contributed by atoms with Gasteiger partial charge in [-0.2, -0.15) is 13.2 Å². The summed E-state index contributed by atoms with van der Waals surface area (Å²) in [5.41, 5.74) is -0.733. The van der Waals surface area contributed by atoms with Gasteiger partial charge in [-0.15, -0.1) is 0 Å². The van der Waals surface area contributed by atoms with Gasteiger partial charge in [-0.3, -0.25) is 0 Å². The molecule has 0 spiro atoms. The molecule has 19 heavy (non-hydrogen) atoms. The zero-order valence-electron chi connectivity index (χ0n) is 10.5. The minimum Gasteiger partial charge on any atom is -0.475 e. The molecule has 1 aromatic rings. The zero-order chi connectivity index (χ0) is 14.2. The largest absolute Gasteiger partial charge is 0.475 e. The number of benzene rings is 1. The number of hydrogen-bond acceptors (Lipinski definition) is 2. The van der Waals surface area contributed by atoms with Gasteiger partial charge in [0.1, 0.15) is 6.61 Å². The molecule has 0 saturated heterocycles. The van der Waals surface area contributed by atoms with E-state index in [9.17, 15) is 13.2 Å². The van der Waals surface area contributed by atoms with E-state index in [2.05, 4.69) is 20.9 Å². The summed E-state index contributed by atoms with van der Waals surface area (Å²) in [7, 11) is 0. The van der Waals surface area contributed by atoms with E-state index in [1.165, 1.54) is 6.07 Å². The summed E-state index contributed by atoms with van der Waals surface area (Å²) in [4.78, 5) is 4.24. The molecule has 1 aromatic carbocycles. The van der Waals surface area contributed by atoms with Crippen LogP contribution in [-0.4, -0.2) is 18.5 Å². The number of ether oxygens (including phenoxy) is 1. The number of alkyl halides is 3. The van der Waals surface area contributed by atoms with Crippen molar-refractivity contribution in [3.63, 3.8) is 0 Å². The number of nitrogens with zero attached hydrogens (tertiary/aromatic N) is 1. The highest BCUT2D eigenvalue weighted by atomic mass is 79.9. The first-order valence-electron chi connectivity index (χ1n) is 5.86. The normalized spacial score (nSPS) is 19.5. The summed E-state index contributed by atoms with van der Waals surface area (Å²) < 4.78 is 44.7. The van der Waals surface area contributed by atoms with Crippen LogP contribution in [0.2, 0.25) is 0 Å². The highest BCUT2D eigenvalue weighted by Gasteiger charge is 2.36. The Morgan fingerprint density at radius 3 is 2.58 bits per heavy atom. The van der Waals surface area contributed by atoms with Crippen molar-refractivity contribution in [3.05, 3.63) is 33.8 Å². The van der Waals surface area contributed by atoms with Gasteiger partial charge in [0.2, 0.25) is 5.90 Å². The van der Waals surface area contributed by atoms with E-state index in [0.717, 1.165) is 6.07 Å². The van der Waals surface area contributed by atoms with Crippen molar-refractivity contribution in [1.29, 1.82) is 0 Å². The van der Waals surface area contributed by atoms with Crippen molar-refractivity contribution >= 4 is 21.8 Å². The smallest absolute Gasteiger partial charge is 0.417 e. The predicted molar refractivity (Wildman–Crippen MR) is 70.3 cm³/mol. The molecule has 2 rings (SSSR count). The molecule has 1 atom stereocenters. The first-order chi connectivity index (χ1) is 8.79. The van der Waals surface area contributed by atoms with E-state index in [4.69, 9.17) is 4.74 Å². The second kappa shape index (κ2) is 5.15. The van der Waals surface area contributed by atoms with Gasteiger partial charge in [-0.1, -0.05) is 29.8 Å². The van der Waals surface area contributed by atoms with Gasteiger partial charge < -0.3 is 4.74 Å². The zero-order valence-corrected chi connectivity index (χ0v) is 12.0. The highest BCUT2D eigenvalue weighted by molar-refractivity contribution is 9.10. The summed E-state index contributed by atoms with van der Waals surface area (Å²) in [6.07, 6.45) is -4.43. The minimum atomic E-state index is -4.43. The SMILES string of the molecule is CC(C)C1COC(c2ccc(Br)cc2C(F)(F)F)=N1. The maximum atomic E-state index is 13.0. The summed E-state index contributed by atoms with van der Waals surface area (Å²) in [5.74, 6) is 0.320. The quantitative estimate of drug-likeness (QED) is 0.790. The number of rotatable bonds is 2. The molecular formula is C13H13BrF3NO. The van der Waals surface area contributed by atoms with Crippen LogP contribution in [0.5, 0.6) is 0 Å². The van der Waals surface area contributed by atoms with Crippen LogP contribution in [0.3, 0.4) is 0 Å². The average molecular weight is 336 g/mol. The second-order valence-electron chi connectivity index (χ2n) is 4.74. The van der Waals surface area contributed by atoms with E-state index in [-0.39, 0.29) is 23.4 Å². The fraction of sp³-hybridized carbons (Fsp3) is 0.462. The van der Waals surface area contributed by atoms with Crippen LogP contribution >= 0.6 is 15.9 Å². The van der Waals surface area contributed by atoms with Crippen molar-refractivity contribution < 1.29 is 17.9 Å². The summed E-state index contributed by atoms with van der Waals surface area (Å²) in [6.45, 7) is 4.26. The summed E-state index contributed by atoms with van der Waals surface area (Å²) in [6, 6.07) is 3.90. The first-order valence-corrected chi connectivity index (χ1v) is 6.66. The summed E-state index contributed by atoms with van der Waals surface area (Å²) >= 11 is 3.05. The number of aliphatic imine (C=N–C) groups is 1. The molecule has 1 aliphatic heterocycles. The molecule has 0 amide bonds. The Balaban J connectivity index is 2.44. The third-order valence-corrected chi connectivity index (χ3v) is 3.45. The molecule has 1 unspecified atom stereocenters. The van der Waals surface area contributed by atoms with E-state index in [0.29, 0.717) is 11.1 Å². The molecule has 104 valence electrons. The fourth-order valence-electron chi connectivity index (χ4n) is 1.82. The Morgan fingerprint density at radius 2 is 2.05 bits per heavy atom. The fourth-order valence-corrected chi connectivity index (χ4v) is 2.18. The average Bonchev–Trinajstić information content (AvgIpc) is 2.77. The van der Waals surface area contributed by atoms with Gasteiger partial charge in [0.25, 0.3) is 0 Å². The van der Waals surface area contributed by atoms with Crippen molar-refractivity contribution in [2.45, 2.75) is 26.1 Å². The number of hydrogen-bond donors (Lipinski definition) is 0. The van der Waals surface area contributed by atoms with Gasteiger partial charge in [-0.25, -0.2) is 4.99 Å². The van der Waals surface area contributed by atoms with Gasteiger partial charge >= 0.3 is 6.18 Å². The van der Waals surface area contributed by atoms with Crippen LogP contribution in [0.1, 0.15) is 25.0 Å². The maximum absolute atomic E-state index is 13.0. The molecule has 2 nitrogen and oxygen atoms in total. The Kier molecular flexibility index (Phi) is 3.90. The molecule has 1 aliphatic rings. The molecule has 0 aromatic heterocycles. The lowest BCUT2D eigenvalue weighted by atomic mass is 10.1. The standard InChI is InChI=1S/C13H13BrF3NO/c1-7(2)11-6-19-12(18-11)9-4-3-8(14)5-10(9)13(15,16)17/h3-5,7,11H,6H2,1-2H3. The summed E-state index contributed by atoms with van der Waals surface area (Å²) in [5, 5.41) is 0. The van der Waals surface area contributed by atoms with Gasteiger partial charge in [0, 0.05) is 10.0 Å². The van der Waals surface area contributed by atoms with Crippen molar-refractivity contribution in [2.75, 3.05) is 6.61 Å². The molecule has 1 heterocycles. The Labute approximate surface area is 117 Å². The second-order valence-corrected chi connectivity index (χ2v) is 5.66. The Morgan fingerprint density at radius 1 is 1.37 bits per heavy atom. The van der Waals surface area contributed by atoms with Crippen LogP contribution in [-0.2, 0) is 10.9 Å². The molecular weight excluding hydrogens is 323 g/mol. The van der Waals surface area contributed by atoms with Crippen LogP contribution in [0.4, 0.5) is 13.2 Å². The Hall–Kier alpha value is -1.04. The van der Waals surface area contributed by atoms with E-state index < -0.39 is 11.7 Å². The van der Waals surface area contributed by atoms with Crippen LogP contribution < -0.4 is 0 Å². The monoisotopic (exact) mass is 335 g/mol. The topological polar surface area (TPSA) is 21.6 Å². The lowest BCUT2D eigenvalue weighted by Crippen LogP contribution is -2.14. The molecule has 0 fully saturated rings. The predicted octanol–water partition coefficient (Wildman–Crippen LogP) is 4.27. The lowest BCUT2D eigenvalue weighted by Gasteiger charge is -2.12. The van der Waals surface area contributed by atoms with Crippen molar-refractivity contribution in [1.82, 2.24) is 0 Å². The van der Waals surface area contributed by atoms with Crippen LogP contribution in [0.25, 0.3) is 0 Å². The van der Waals surface area contributed by atoms with Crippen molar-refractivity contribution in [3.8, 4) is 0 Å². The molecule has 0 saturated carbocycles. The van der Waals surface area contributed by atoms with Crippen LogP contribution in [0.15, 0.2) is 27.7 Å². The third kappa shape index (κ3) is 3.11. The van der Waals surface area contributed by atoms with E-state index in [1.54, 1.807) is 6.07 Å². The molecule has 0 aliphatic carbocycles. The maximum Gasteiger partial charge on any atom is 0.417 e. The number of halogens is 4. The lowest BCUT2D eigenvalue weighted by molar-refractivity contribution is -0.137. The van der Waals surface area contributed by atoms with Gasteiger partial charge in [-0.05, 0) is 24.1 Å². The third-order valence-electron chi connectivity index (χ3n) is 2.96. The van der Waals surface area contributed by atoms with Gasteiger partial charge in [0.15, 0.2) is 0 Å². The van der Waals surface area contributed by atoms with E-state index in [1.807, 2.05) is 13.8 Å². The highest BCUT2D eigenvalue weighted by Crippen LogP contribution is 2.35. The van der Waals surface area contributed by atoms with Crippen LogP contribution in [0, 0.1) is 5.92 Å². The van der Waals surface area contributed by atoms with Crippen molar-refractivity contribution in [2.24, 2.45) is 10.9 Å². The molecule has 0 radical (unpaired) electrons. The first kappa shape index (κ1) is 14.4. The minimum absolute atomic E-state index is 0.00106. The molecule has 0 N–H and O–H groups in total. The molecule has 0 bridgehead atoms. The van der Waals surface area contributed by atoms with Gasteiger partial charge in [0.05, 0.1) is 11.6 Å². The Bertz CT molecular complexity index is 511.